The van der Waals surface area contributed by atoms with Crippen LogP contribution in [-0.4, -0.2) is 27.2 Å². The summed E-state index contributed by atoms with van der Waals surface area (Å²) in [5.41, 5.74) is 4.27. The molecule has 2 aromatic carbocycles. The van der Waals surface area contributed by atoms with Gasteiger partial charge in [0.1, 0.15) is 4.83 Å². The van der Waals surface area contributed by atoms with Gasteiger partial charge < -0.3 is 10.3 Å². The summed E-state index contributed by atoms with van der Waals surface area (Å²) in [5.74, 6) is -0.0370. The number of carbonyl (C=O) groups is 1. The van der Waals surface area contributed by atoms with Gasteiger partial charge in [0.2, 0.25) is 0 Å². The highest BCUT2D eigenvalue weighted by atomic mass is 32.1. The number of nitrogens with one attached hydrogen (secondary N) is 2. The van der Waals surface area contributed by atoms with E-state index in [0.29, 0.717) is 11.4 Å². The first-order valence-electron chi connectivity index (χ1n) is 9.58. The maximum Gasteiger partial charge on any atom is 0.261 e. The Morgan fingerprint density at radius 3 is 2.76 bits per heavy atom. The van der Waals surface area contributed by atoms with E-state index >= 15 is 0 Å². The van der Waals surface area contributed by atoms with E-state index in [1.54, 1.807) is 0 Å². The van der Waals surface area contributed by atoms with Crippen molar-refractivity contribution < 1.29 is 4.79 Å². The van der Waals surface area contributed by atoms with Crippen molar-refractivity contribution in [3.8, 4) is 5.69 Å². The largest absolute Gasteiger partial charge is 0.361 e. The molecule has 1 amide bonds. The van der Waals surface area contributed by atoms with E-state index in [1.807, 2.05) is 66.3 Å². The van der Waals surface area contributed by atoms with Gasteiger partial charge in [-0.25, -0.2) is 4.68 Å². The Hall–Kier alpha value is -3.38. The van der Waals surface area contributed by atoms with E-state index in [2.05, 4.69) is 27.5 Å². The molecular weight excluding hydrogens is 380 g/mol. The standard InChI is InChI=1S/C23H20N4OS/c1-15-19-13-21(29-23(19)27(26-15)17-7-3-2-4-8-17)22(28)24-12-11-16-14-25-20-10-6-5-9-18(16)20/h2-10,13-14,25H,11-12H2,1H3,(H,24,28). The van der Waals surface area contributed by atoms with E-state index in [0.717, 1.165) is 33.5 Å². The van der Waals surface area contributed by atoms with Gasteiger partial charge in [-0.15, -0.1) is 11.3 Å². The lowest BCUT2D eigenvalue weighted by atomic mass is 10.1. The molecule has 6 heteroatoms. The molecule has 0 saturated carbocycles. The van der Waals surface area contributed by atoms with Crippen molar-refractivity contribution in [2.75, 3.05) is 6.54 Å². The van der Waals surface area contributed by atoms with Crippen LogP contribution in [0.15, 0.2) is 66.9 Å². The minimum absolute atomic E-state index is 0.0370. The number of rotatable bonds is 5. The number of aryl methyl sites for hydroxylation is 1. The molecule has 0 unspecified atom stereocenters. The third-order valence-corrected chi connectivity index (χ3v) is 6.23. The predicted octanol–water partition coefficient (Wildman–Crippen LogP) is 4.85. The highest BCUT2D eigenvalue weighted by molar-refractivity contribution is 7.20. The molecule has 29 heavy (non-hydrogen) atoms. The number of thiophene rings is 1. The Kier molecular flexibility index (Phi) is 4.41. The van der Waals surface area contributed by atoms with Crippen LogP contribution in [0.2, 0.25) is 0 Å². The average Bonchev–Trinajstić information content (AvgIpc) is 3.44. The smallest absolute Gasteiger partial charge is 0.261 e. The van der Waals surface area contributed by atoms with Crippen LogP contribution in [-0.2, 0) is 6.42 Å². The minimum atomic E-state index is -0.0370. The SMILES string of the molecule is Cc1nn(-c2ccccc2)c2sc(C(=O)NCCc3c[nH]c4ccccc34)cc12. The van der Waals surface area contributed by atoms with Gasteiger partial charge in [-0.05, 0) is 43.2 Å². The second kappa shape index (κ2) is 7.22. The molecule has 0 saturated heterocycles. The van der Waals surface area contributed by atoms with E-state index in [9.17, 15) is 4.79 Å². The van der Waals surface area contributed by atoms with Gasteiger partial charge in [0.25, 0.3) is 5.91 Å². The topological polar surface area (TPSA) is 62.7 Å². The fourth-order valence-corrected chi connectivity index (χ4v) is 4.74. The Morgan fingerprint density at radius 2 is 1.90 bits per heavy atom. The summed E-state index contributed by atoms with van der Waals surface area (Å²) < 4.78 is 1.91. The first-order chi connectivity index (χ1) is 14.2. The van der Waals surface area contributed by atoms with Gasteiger partial charge in [-0.1, -0.05) is 36.4 Å². The Balaban J connectivity index is 1.33. The van der Waals surface area contributed by atoms with Gasteiger partial charge in [0.15, 0.2) is 0 Å². The highest BCUT2D eigenvalue weighted by Gasteiger charge is 2.17. The van der Waals surface area contributed by atoms with Crippen LogP contribution in [0.5, 0.6) is 0 Å². The number of para-hydroxylation sites is 2. The number of nitrogens with zero attached hydrogens (tertiary/aromatic N) is 2. The number of aromatic nitrogens is 3. The van der Waals surface area contributed by atoms with Crippen LogP contribution >= 0.6 is 11.3 Å². The van der Waals surface area contributed by atoms with Crippen LogP contribution < -0.4 is 5.32 Å². The summed E-state index contributed by atoms with van der Waals surface area (Å²) in [4.78, 5) is 17.7. The number of aromatic amines is 1. The van der Waals surface area contributed by atoms with Crippen LogP contribution in [0.3, 0.4) is 0 Å². The number of amides is 1. The fraction of sp³-hybridized carbons (Fsp3) is 0.130. The van der Waals surface area contributed by atoms with Gasteiger partial charge >= 0.3 is 0 Å². The second-order valence-corrected chi connectivity index (χ2v) is 8.06. The van der Waals surface area contributed by atoms with E-state index < -0.39 is 0 Å². The normalized spacial score (nSPS) is 11.3. The third kappa shape index (κ3) is 3.21. The lowest BCUT2D eigenvalue weighted by molar-refractivity contribution is 0.0958. The van der Waals surface area contributed by atoms with Crippen LogP contribution in [0, 0.1) is 6.92 Å². The molecule has 5 aromatic rings. The molecule has 0 radical (unpaired) electrons. The Bertz CT molecular complexity index is 1310. The van der Waals surface area contributed by atoms with Gasteiger partial charge in [-0.3, -0.25) is 4.79 Å². The van der Waals surface area contributed by atoms with E-state index in [4.69, 9.17) is 0 Å². The maximum absolute atomic E-state index is 12.7. The summed E-state index contributed by atoms with van der Waals surface area (Å²) in [6.45, 7) is 2.58. The summed E-state index contributed by atoms with van der Waals surface area (Å²) in [7, 11) is 0. The zero-order valence-electron chi connectivity index (χ0n) is 16.0. The van der Waals surface area contributed by atoms with Crippen molar-refractivity contribution >= 4 is 38.4 Å². The molecule has 0 aliphatic heterocycles. The number of benzene rings is 2. The summed E-state index contributed by atoms with van der Waals surface area (Å²) in [6, 6.07) is 20.2. The first-order valence-corrected chi connectivity index (χ1v) is 10.4. The lowest BCUT2D eigenvalue weighted by Gasteiger charge is -2.03. The highest BCUT2D eigenvalue weighted by Crippen LogP contribution is 2.30. The van der Waals surface area contributed by atoms with Crippen molar-refractivity contribution in [3.05, 3.63) is 83.0 Å². The molecule has 0 aliphatic carbocycles. The van der Waals surface area contributed by atoms with Gasteiger partial charge in [-0.2, -0.15) is 5.10 Å². The molecular formula is C23H20N4OS. The van der Waals surface area contributed by atoms with Crippen LogP contribution in [0.25, 0.3) is 26.8 Å². The minimum Gasteiger partial charge on any atom is -0.361 e. The van der Waals surface area contributed by atoms with Crippen molar-refractivity contribution in [2.24, 2.45) is 0 Å². The molecule has 3 heterocycles. The molecule has 0 atom stereocenters. The van der Waals surface area contributed by atoms with E-state index in [-0.39, 0.29) is 5.91 Å². The Morgan fingerprint density at radius 1 is 1.10 bits per heavy atom. The number of carbonyl (C=O) groups excluding carboxylic acids is 1. The number of hydrogen-bond acceptors (Lipinski definition) is 3. The van der Waals surface area contributed by atoms with Crippen molar-refractivity contribution in [3.63, 3.8) is 0 Å². The first kappa shape index (κ1) is 17.7. The molecule has 5 rings (SSSR count). The van der Waals surface area contributed by atoms with Crippen molar-refractivity contribution in [2.45, 2.75) is 13.3 Å². The third-order valence-electron chi connectivity index (χ3n) is 5.12. The monoisotopic (exact) mass is 400 g/mol. The van der Waals surface area contributed by atoms with E-state index in [1.165, 1.54) is 22.3 Å². The van der Waals surface area contributed by atoms with Gasteiger partial charge in [0.05, 0.1) is 16.3 Å². The quantitative estimate of drug-likeness (QED) is 0.443. The maximum atomic E-state index is 12.7. The lowest BCUT2D eigenvalue weighted by Crippen LogP contribution is -2.24. The summed E-state index contributed by atoms with van der Waals surface area (Å²) >= 11 is 1.48. The molecule has 0 aliphatic rings. The predicted molar refractivity (Wildman–Crippen MR) is 118 cm³/mol. The summed E-state index contributed by atoms with van der Waals surface area (Å²) in [6.07, 6.45) is 2.81. The molecule has 2 N–H and O–H groups in total. The number of fused-ring (bicyclic) bond motifs is 2. The second-order valence-electron chi connectivity index (χ2n) is 7.03. The number of hydrogen-bond donors (Lipinski definition) is 2. The van der Waals surface area contributed by atoms with Crippen molar-refractivity contribution in [1.82, 2.24) is 20.1 Å². The Labute approximate surface area is 172 Å². The van der Waals surface area contributed by atoms with Gasteiger partial charge in [0, 0.05) is 29.0 Å². The molecule has 144 valence electrons. The molecule has 3 aromatic heterocycles. The molecule has 0 spiro atoms. The zero-order chi connectivity index (χ0) is 19.8. The van der Waals surface area contributed by atoms with Crippen molar-refractivity contribution in [1.29, 1.82) is 0 Å². The summed E-state index contributed by atoms with van der Waals surface area (Å²) in [5, 5.41) is 9.94. The molecule has 5 nitrogen and oxygen atoms in total. The zero-order valence-corrected chi connectivity index (χ0v) is 16.8. The fourth-order valence-electron chi connectivity index (χ4n) is 3.64. The molecule has 0 bridgehead atoms. The van der Waals surface area contributed by atoms with Crippen LogP contribution in [0.4, 0.5) is 0 Å². The average molecular weight is 401 g/mol. The van der Waals surface area contributed by atoms with Crippen LogP contribution in [0.1, 0.15) is 20.9 Å². The number of H-pyrrole nitrogens is 1. The molecule has 0 fully saturated rings.